The van der Waals surface area contributed by atoms with Gasteiger partial charge in [0.05, 0.1) is 17.6 Å². The quantitative estimate of drug-likeness (QED) is 0.863. The van der Waals surface area contributed by atoms with Crippen LogP contribution in [0.4, 0.5) is 0 Å². The second kappa shape index (κ2) is 5.11. The Labute approximate surface area is 111 Å². The minimum atomic E-state index is 0.0798. The second-order valence-electron chi connectivity index (χ2n) is 3.22. The molecular formula is C10H9ClIN3O. The van der Waals surface area contributed by atoms with E-state index in [2.05, 4.69) is 32.9 Å². The zero-order valence-corrected chi connectivity index (χ0v) is 11.2. The zero-order chi connectivity index (χ0) is 11.5. The summed E-state index contributed by atoms with van der Waals surface area (Å²) in [5.74, 6) is 0. The van der Waals surface area contributed by atoms with Gasteiger partial charge < -0.3 is 5.11 Å². The molecule has 84 valence electrons. The number of hydrogen-bond donors (Lipinski definition) is 1. The van der Waals surface area contributed by atoms with Gasteiger partial charge in [0.25, 0.3) is 0 Å². The standard InChI is InChI=1S/C10H9ClIN3O/c11-7-1-2-10(9(12)5-7)15-6-8(3-4-16)13-14-15/h1-2,5-6,16H,3-4H2. The first-order chi connectivity index (χ1) is 7.70. The van der Waals surface area contributed by atoms with Crippen LogP contribution in [0.1, 0.15) is 5.69 Å². The maximum atomic E-state index is 8.79. The maximum Gasteiger partial charge on any atom is 0.0854 e. The Morgan fingerprint density at radius 3 is 2.94 bits per heavy atom. The Morgan fingerprint density at radius 2 is 2.25 bits per heavy atom. The van der Waals surface area contributed by atoms with Crippen molar-refractivity contribution in [1.29, 1.82) is 0 Å². The van der Waals surface area contributed by atoms with E-state index < -0.39 is 0 Å². The van der Waals surface area contributed by atoms with Crippen LogP contribution in [0.2, 0.25) is 5.02 Å². The van der Waals surface area contributed by atoms with Crippen LogP contribution in [0.15, 0.2) is 24.4 Å². The molecule has 2 aromatic rings. The topological polar surface area (TPSA) is 50.9 Å². The molecule has 6 heteroatoms. The molecule has 16 heavy (non-hydrogen) atoms. The number of benzene rings is 1. The van der Waals surface area contributed by atoms with Crippen LogP contribution >= 0.6 is 34.2 Å². The van der Waals surface area contributed by atoms with E-state index in [4.69, 9.17) is 16.7 Å². The third-order valence-electron chi connectivity index (χ3n) is 2.07. The normalized spacial score (nSPS) is 10.7. The van der Waals surface area contributed by atoms with Gasteiger partial charge in [-0.2, -0.15) is 0 Å². The molecule has 0 amide bonds. The highest BCUT2D eigenvalue weighted by Crippen LogP contribution is 2.20. The summed E-state index contributed by atoms with van der Waals surface area (Å²) in [5, 5.41) is 17.5. The first kappa shape index (κ1) is 11.8. The van der Waals surface area contributed by atoms with Gasteiger partial charge in [-0.25, -0.2) is 4.68 Å². The highest BCUT2D eigenvalue weighted by atomic mass is 127. The largest absolute Gasteiger partial charge is 0.396 e. The molecule has 0 saturated carbocycles. The third-order valence-corrected chi connectivity index (χ3v) is 3.16. The maximum absolute atomic E-state index is 8.79. The van der Waals surface area contributed by atoms with Gasteiger partial charge in [0.1, 0.15) is 0 Å². The van der Waals surface area contributed by atoms with E-state index in [0.29, 0.717) is 11.4 Å². The molecule has 0 bridgehead atoms. The van der Waals surface area contributed by atoms with E-state index in [0.717, 1.165) is 15.0 Å². The highest BCUT2D eigenvalue weighted by Gasteiger charge is 2.06. The Balaban J connectivity index is 2.35. The van der Waals surface area contributed by atoms with Gasteiger partial charge >= 0.3 is 0 Å². The molecule has 0 aliphatic carbocycles. The first-order valence-corrected chi connectivity index (χ1v) is 6.14. The van der Waals surface area contributed by atoms with E-state index in [1.807, 2.05) is 24.4 Å². The smallest absolute Gasteiger partial charge is 0.0854 e. The number of hydrogen-bond acceptors (Lipinski definition) is 3. The molecule has 0 aliphatic rings. The minimum absolute atomic E-state index is 0.0798. The van der Waals surface area contributed by atoms with Gasteiger partial charge in [0.15, 0.2) is 0 Å². The van der Waals surface area contributed by atoms with Crippen LogP contribution in [0.3, 0.4) is 0 Å². The number of rotatable bonds is 3. The van der Waals surface area contributed by atoms with Gasteiger partial charge in [0.2, 0.25) is 0 Å². The summed E-state index contributed by atoms with van der Waals surface area (Å²) in [6, 6.07) is 5.57. The first-order valence-electron chi connectivity index (χ1n) is 4.68. The van der Waals surface area contributed by atoms with Crippen molar-refractivity contribution >= 4 is 34.2 Å². The molecule has 1 aromatic heterocycles. The molecule has 0 saturated heterocycles. The Bertz CT molecular complexity index is 501. The Hall–Kier alpha value is -0.660. The Morgan fingerprint density at radius 1 is 1.44 bits per heavy atom. The summed E-state index contributed by atoms with van der Waals surface area (Å²) < 4.78 is 2.69. The monoisotopic (exact) mass is 349 g/mol. The molecule has 0 atom stereocenters. The number of aliphatic hydroxyl groups is 1. The fourth-order valence-electron chi connectivity index (χ4n) is 1.31. The van der Waals surface area contributed by atoms with E-state index >= 15 is 0 Å². The van der Waals surface area contributed by atoms with Crippen molar-refractivity contribution in [3.05, 3.63) is 38.7 Å². The highest BCUT2D eigenvalue weighted by molar-refractivity contribution is 14.1. The predicted molar refractivity (Wildman–Crippen MR) is 69.9 cm³/mol. The zero-order valence-electron chi connectivity index (χ0n) is 8.27. The number of aromatic nitrogens is 3. The van der Waals surface area contributed by atoms with Crippen LogP contribution in [-0.2, 0) is 6.42 Å². The molecule has 1 aromatic carbocycles. The fourth-order valence-corrected chi connectivity index (χ4v) is 2.43. The molecule has 0 spiro atoms. The van der Waals surface area contributed by atoms with Crippen LogP contribution in [-0.4, -0.2) is 26.7 Å². The van der Waals surface area contributed by atoms with Crippen LogP contribution < -0.4 is 0 Å². The van der Waals surface area contributed by atoms with Crippen molar-refractivity contribution in [3.63, 3.8) is 0 Å². The van der Waals surface area contributed by atoms with Gasteiger partial charge in [-0.15, -0.1) is 5.10 Å². The molecular weight excluding hydrogens is 340 g/mol. The summed E-state index contributed by atoms with van der Waals surface area (Å²) in [4.78, 5) is 0. The summed E-state index contributed by atoms with van der Waals surface area (Å²) in [5.41, 5.74) is 1.70. The van der Waals surface area contributed by atoms with Crippen molar-refractivity contribution < 1.29 is 5.11 Å². The van der Waals surface area contributed by atoms with Crippen molar-refractivity contribution in [2.45, 2.75) is 6.42 Å². The van der Waals surface area contributed by atoms with Crippen LogP contribution in [0.5, 0.6) is 0 Å². The molecule has 0 fully saturated rings. The van der Waals surface area contributed by atoms with E-state index in [-0.39, 0.29) is 6.61 Å². The van der Waals surface area contributed by atoms with Crippen LogP contribution in [0.25, 0.3) is 5.69 Å². The lowest BCUT2D eigenvalue weighted by Crippen LogP contribution is -1.97. The lowest BCUT2D eigenvalue weighted by Gasteiger charge is -2.03. The fraction of sp³-hybridized carbons (Fsp3) is 0.200. The van der Waals surface area contributed by atoms with Gasteiger partial charge in [-0.1, -0.05) is 16.8 Å². The summed E-state index contributed by atoms with van der Waals surface area (Å²) in [7, 11) is 0. The third kappa shape index (κ3) is 2.53. The summed E-state index contributed by atoms with van der Waals surface area (Å²) >= 11 is 8.07. The molecule has 1 N–H and O–H groups in total. The van der Waals surface area contributed by atoms with Crippen molar-refractivity contribution in [3.8, 4) is 5.69 Å². The lowest BCUT2D eigenvalue weighted by atomic mass is 10.3. The van der Waals surface area contributed by atoms with E-state index in [1.165, 1.54) is 0 Å². The van der Waals surface area contributed by atoms with E-state index in [1.54, 1.807) is 4.68 Å². The molecule has 2 rings (SSSR count). The molecule has 0 radical (unpaired) electrons. The van der Waals surface area contributed by atoms with Crippen molar-refractivity contribution in [2.24, 2.45) is 0 Å². The van der Waals surface area contributed by atoms with E-state index in [9.17, 15) is 0 Å². The summed E-state index contributed by atoms with van der Waals surface area (Å²) in [6.07, 6.45) is 2.33. The number of aliphatic hydroxyl groups excluding tert-OH is 1. The second-order valence-corrected chi connectivity index (χ2v) is 4.82. The molecule has 0 unspecified atom stereocenters. The minimum Gasteiger partial charge on any atom is -0.396 e. The van der Waals surface area contributed by atoms with Gasteiger partial charge in [0, 0.05) is 21.6 Å². The average molecular weight is 350 g/mol. The SMILES string of the molecule is OCCc1cn(-c2ccc(Cl)cc2I)nn1. The lowest BCUT2D eigenvalue weighted by molar-refractivity contribution is 0.298. The van der Waals surface area contributed by atoms with Gasteiger partial charge in [-0.3, -0.25) is 0 Å². The average Bonchev–Trinajstić information content (AvgIpc) is 2.67. The molecule has 1 heterocycles. The predicted octanol–water partition coefficient (Wildman–Crippen LogP) is 2.06. The van der Waals surface area contributed by atoms with Gasteiger partial charge in [-0.05, 0) is 40.8 Å². The number of nitrogens with zero attached hydrogens (tertiary/aromatic N) is 3. The van der Waals surface area contributed by atoms with Crippen molar-refractivity contribution in [1.82, 2.24) is 15.0 Å². The number of halogens is 2. The summed E-state index contributed by atoms with van der Waals surface area (Å²) in [6.45, 7) is 0.0798. The molecule has 4 nitrogen and oxygen atoms in total. The Kier molecular flexibility index (Phi) is 3.78. The van der Waals surface area contributed by atoms with Crippen molar-refractivity contribution in [2.75, 3.05) is 6.61 Å². The van der Waals surface area contributed by atoms with Crippen LogP contribution in [0, 0.1) is 3.57 Å². The molecule has 0 aliphatic heterocycles.